The van der Waals surface area contributed by atoms with Gasteiger partial charge in [0, 0.05) is 24.2 Å². The zero-order chi connectivity index (χ0) is 12.1. The van der Waals surface area contributed by atoms with Gasteiger partial charge in [0.05, 0.1) is 0 Å². The first kappa shape index (κ1) is 12.2. The van der Waals surface area contributed by atoms with Crippen LogP contribution in [0.4, 0.5) is 0 Å². The minimum absolute atomic E-state index is 0.111. The number of piperidine rings is 1. The smallest absolute Gasteiger partial charge is 0.246 e. The number of nitrogens with zero attached hydrogens (tertiary/aromatic N) is 1. The van der Waals surface area contributed by atoms with Crippen LogP contribution in [0.3, 0.4) is 0 Å². The second kappa shape index (κ2) is 5.87. The Bertz CT molecular complexity index is 405. The minimum Gasteiger partial charge on any atom is -0.339 e. The lowest BCUT2D eigenvalue weighted by Gasteiger charge is -2.25. The van der Waals surface area contributed by atoms with Crippen LogP contribution in [-0.2, 0) is 4.79 Å². The summed E-state index contributed by atoms with van der Waals surface area (Å²) in [6.07, 6.45) is 6.98. The van der Waals surface area contributed by atoms with Crippen molar-refractivity contribution in [2.75, 3.05) is 13.1 Å². The molecular formula is C14H16ClNO. The Morgan fingerprint density at radius 1 is 1.12 bits per heavy atom. The van der Waals surface area contributed by atoms with Gasteiger partial charge >= 0.3 is 0 Å². The number of carbonyl (C=O) groups is 1. The molecule has 0 bridgehead atoms. The third-order valence-corrected chi connectivity index (χ3v) is 3.21. The van der Waals surface area contributed by atoms with Crippen LogP contribution in [0.2, 0.25) is 5.02 Å². The summed E-state index contributed by atoms with van der Waals surface area (Å²) in [5, 5.41) is 0.713. The number of benzene rings is 1. The van der Waals surface area contributed by atoms with Gasteiger partial charge in [-0.25, -0.2) is 0 Å². The zero-order valence-corrected chi connectivity index (χ0v) is 10.5. The molecular weight excluding hydrogens is 234 g/mol. The Morgan fingerprint density at radius 2 is 1.76 bits per heavy atom. The van der Waals surface area contributed by atoms with E-state index in [1.165, 1.54) is 6.42 Å². The first-order valence-electron chi connectivity index (χ1n) is 5.98. The van der Waals surface area contributed by atoms with E-state index >= 15 is 0 Å². The third-order valence-electron chi connectivity index (χ3n) is 2.96. The van der Waals surface area contributed by atoms with Crippen LogP contribution < -0.4 is 0 Å². The number of rotatable bonds is 2. The Hall–Kier alpha value is -1.28. The molecule has 0 radical (unpaired) electrons. The van der Waals surface area contributed by atoms with Gasteiger partial charge in [-0.15, -0.1) is 0 Å². The molecule has 0 N–H and O–H groups in total. The topological polar surface area (TPSA) is 20.3 Å². The predicted octanol–water partition coefficient (Wildman–Crippen LogP) is 3.37. The fraction of sp³-hybridized carbons (Fsp3) is 0.357. The summed E-state index contributed by atoms with van der Waals surface area (Å²) in [5.74, 6) is 0.111. The Labute approximate surface area is 107 Å². The van der Waals surface area contributed by atoms with Crippen molar-refractivity contribution >= 4 is 23.6 Å². The maximum absolute atomic E-state index is 11.9. The van der Waals surface area contributed by atoms with Crippen LogP contribution >= 0.6 is 11.6 Å². The summed E-state index contributed by atoms with van der Waals surface area (Å²) >= 11 is 5.80. The molecule has 1 aromatic rings. The van der Waals surface area contributed by atoms with Gasteiger partial charge in [0.1, 0.15) is 0 Å². The van der Waals surface area contributed by atoms with Crippen molar-refractivity contribution in [3.8, 4) is 0 Å². The molecule has 1 aliphatic rings. The summed E-state index contributed by atoms with van der Waals surface area (Å²) in [6.45, 7) is 1.79. The Morgan fingerprint density at radius 3 is 2.41 bits per heavy atom. The van der Waals surface area contributed by atoms with Crippen molar-refractivity contribution in [2.45, 2.75) is 19.3 Å². The predicted molar refractivity (Wildman–Crippen MR) is 70.9 cm³/mol. The molecule has 0 unspecified atom stereocenters. The van der Waals surface area contributed by atoms with Crippen LogP contribution in [0, 0.1) is 0 Å². The molecule has 1 heterocycles. The molecule has 0 saturated carbocycles. The van der Waals surface area contributed by atoms with E-state index in [4.69, 9.17) is 11.6 Å². The van der Waals surface area contributed by atoms with E-state index in [0.29, 0.717) is 5.02 Å². The van der Waals surface area contributed by atoms with Gasteiger partial charge in [-0.3, -0.25) is 4.79 Å². The molecule has 1 amide bonds. The molecule has 2 rings (SSSR count). The largest absolute Gasteiger partial charge is 0.339 e. The number of halogens is 1. The number of hydrogen-bond acceptors (Lipinski definition) is 1. The maximum Gasteiger partial charge on any atom is 0.246 e. The summed E-state index contributed by atoms with van der Waals surface area (Å²) in [6, 6.07) is 7.46. The quantitative estimate of drug-likeness (QED) is 0.736. The van der Waals surface area contributed by atoms with Gasteiger partial charge in [-0.1, -0.05) is 23.7 Å². The standard InChI is InChI=1S/C14H16ClNO/c15-13-7-4-12(5-8-13)6-9-14(17)16-10-2-1-3-11-16/h4-9H,1-3,10-11H2. The molecule has 0 aromatic heterocycles. The molecule has 17 heavy (non-hydrogen) atoms. The highest BCUT2D eigenvalue weighted by molar-refractivity contribution is 6.30. The fourth-order valence-corrected chi connectivity index (χ4v) is 2.09. The van der Waals surface area contributed by atoms with E-state index in [2.05, 4.69) is 0 Å². The summed E-state index contributed by atoms with van der Waals surface area (Å²) in [4.78, 5) is 13.8. The van der Waals surface area contributed by atoms with E-state index in [-0.39, 0.29) is 5.91 Å². The summed E-state index contributed by atoms with van der Waals surface area (Å²) in [5.41, 5.74) is 1.000. The summed E-state index contributed by atoms with van der Waals surface area (Å²) < 4.78 is 0. The van der Waals surface area contributed by atoms with Crippen LogP contribution in [0.25, 0.3) is 6.08 Å². The number of amides is 1. The zero-order valence-electron chi connectivity index (χ0n) is 9.73. The molecule has 2 nitrogen and oxygen atoms in total. The monoisotopic (exact) mass is 249 g/mol. The van der Waals surface area contributed by atoms with Gasteiger partial charge < -0.3 is 4.90 Å². The molecule has 3 heteroatoms. The lowest BCUT2D eigenvalue weighted by atomic mass is 10.1. The van der Waals surface area contributed by atoms with Crippen LogP contribution in [0.15, 0.2) is 30.3 Å². The van der Waals surface area contributed by atoms with Crippen molar-refractivity contribution in [2.24, 2.45) is 0 Å². The summed E-state index contributed by atoms with van der Waals surface area (Å²) in [7, 11) is 0. The molecule has 0 aliphatic carbocycles. The molecule has 0 spiro atoms. The van der Waals surface area contributed by atoms with Crippen molar-refractivity contribution in [1.82, 2.24) is 4.90 Å². The second-order valence-corrected chi connectivity index (χ2v) is 4.71. The third kappa shape index (κ3) is 3.60. The molecule has 90 valence electrons. The van der Waals surface area contributed by atoms with Gasteiger partial charge in [0.15, 0.2) is 0 Å². The normalized spacial score (nSPS) is 16.4. The van der Waals surface area contributed by atoms with E-state index in [0.717, 1.165) is 31.5 Å². The highest BCUT2D eigenvalue weighted by Crippen LogP contribution is 2.12. The minimum atomic E-state index is 0.111. The van der Waals surface area contributed by atoms with Gasteiger partial charge in [0.2, 0.25) is 5.91 Å². The second-order valence-electron chi connectivity index (χ2n) is 4.27. The first-order valence-corrected chi connectivity index (χ1v) is 6.36. The van der Waals surface area contributed by atoms with Gasteiger partial charge in [0.25, 0.3) is 0 Å². The molecule has 1 aliphatic heterocycles. The fourth-order valence-electron chi connectivity index (χ4n) is 1.96. The SMILES string of the molecule is O=C(C=Cc1ccc(Cl)cc1)N1CCCCC1. The lowest BCUT2D eigenvalue weighted by molar-refractivity contribution is -0.126. The van der Waals surface area contributed by atoms with Gasteiger partial charge in [-0.05, 0) is 43.0 Å². The average molecular weight is 250 g/mol. The molecule has 0 atom stereocenters. The molecule has 1 saturated heterocycles. The van der Waals surface area contributed by atoms with Crippen molar-refractivity contribution in [3.05, 3.63) is 40.9 Å². The van der Waals surface area contributed by atoms with Crippen molar-refractivity contribution < 1.29 is 4.79 Å². The highest BCUT2D eigenvalue weighted by atomic mass is 35.5. The lowest BCUT2D eigenvalue weighted by Crippen LogP contribution is -2.34. The van der Waals surface area contributed by atoms with E-state index in [1.807, 2.05) is 35.2 Å². The Kier molecular flexibility index (Phi) is 4.21. The van der Waals surface area contributed by atoms with Crippen molar-refractivity contribution in [1.29, 1.82) is 0 Å². The van der Waals surface area contributed by atoms with E-state index < -0.39 is 0 Å². The number of hydrogen-bond donors (Lipinski definition) is 0. The number of likely N-dealkylation sites (tertiary alicyclic amines) is 1. The average Bonchev–Trinajstić information content (AvgIpc) is 2.39. The highest BCUT2D eigenvalue weighted by Gasteiger charge is 2.13. The molecule has 1 fully saturated rings. The van der Waals surface area contributed by atoms with Crippen molar-refractivity contribution in [3.63, 3.8) is 0 Å². The maximum atomic E-state index is 11.9. The van der Waals surface area contributed by atoms with E-state index in [9.17, 15) is 4.79 Å². The van der Waals surface area contributed by atoms with Crippen LogP contribution in [0.5, 0.6) is 0 Å². The van der Waals surface area contributed by atoms with E-state index in [1.54, 1.807) is 6.08 Å². The molecule has 1 aromatic carbocycles. The van der Waals surface area contributed by atoms with Crippen LogP contribution in [0.1, 0.15) is 24.8 Å². The van der Waals surface area contributed by atoms with Crippen LogP contribution in [-0.4, -0.2) is 23.9 Å². The first-order chi connectivity index (χ1) is 8.25. The Balaban J connectivity index is 1.95. The number of carbonyl (C=O) groups excluding carboxylic acids is 1. The van der Waals surface area contributed by atoms with Gasteiger partial charge in [-0.2, -0.15) is 0 Å².